The number of esters is 1. The van der Waals surface area contributed by atoms with Gasteiger partial charge in [0.1, 0.15) is 11.1 Å². The van der Waals surface area contributed by atoms with E-state index in [4.69, 9.17) is 33.0 Å². The minimum absolute atomic E-state index is 0.00924. The summed E-state index contributed by atoms with van der Waals surface area (Å²) >= 11 is 18.3. The predicted molar refractivity (Wildman–Crippen MR) is 368 cm³/mol. The minimum Gasteiger partial charge on any atom is -0.481 e. The Labute approximate surface area is 593 Å². The van der Waals surface area contributed by atoms with Crippen molar-refractivity contribution in [3.63, 3.8) is 0 Å². The molecule has 5 aromatic carbocycles. The topological polar surface area (TPSA) is 358 Å². The maximum atomic E-state index is 13.7. The molecule has 101 heavy (non-hydrogen) atoms. The van der Waals surface area contributed by atoms with Crippen LogP contribution in [0.2, 0.25) is 10.0 Å². The van der Waals surface area contributed by atoms with Crippen LogP contribution in [0.3, 0.4) is 0 Å². The molecule has 11 rings (SSSR count). The van der Waals surface area contributed by atoms with E-state index in [0.717, 1.165) is 52.2 Å². The zero-order valence-corrected chi connectivity index (χ0v) is 58.7. The van der Waals surface area contributed by atoms with E-state index in [1.807, 2.05) is 0 Å². The number of nitrogens with zero attached hydrogens (tertiary/aromatic N) is 6. The molecule has 0 saturated heterocycles. The van der Waals surface area contributed by atoms with Gasteiger partial charge in [0.15, 0.2) is 15.4 Å². The highest BCUT2D eigenvalue weighted by atomic mass is 79.9. The smallest absolute Gasteiger partial charge is 0.418 e. The number of H-pyrrole nitrogens is 3. The van der Waals surface area contributed by atoms with Gasteiger partial charge in [-0.3, -0.25) is 59.5 Å². The van der Waals surface area contributed by atoms with Gasteiger partial charge in [0.05, 0.1) is 127 Å². The number of nitrogens with one attached hydrogen (secondary N) is 10. The van der Waals surface area contributed by atoms with Crippen molar-refractivity contribution in [1.29, 1.82) is 0 Å². The van der Waals surface area contributed by atoms with Crippen LogP contribution in [0.5, 0.6) is 0 Å². The molecule has 534 valence electrons. The van der Waals surface area contributed by atoms with Gasteiger partial charge in [-0.1, -0.05) is 73.1 Å². The summed E-state index contributed by atoms with van der Waals surface area (Å²) in [6.45, 7) is 11.3. The normalized spacial score (nSPS) is 12.2. The first-order chi connectivity index (χ1) is 47.1. The van der Waals surface area contributed by atoms with Crippen molar-refractivity contribution >= 4 is 205 Å². The Hall–Kier alpha value is -9.50. The number of aromatic amines is 3. The summed E-state index contributed by atoms with van der Waals surface area (Å²) in [5.41, 5.74) is -4.56. The number of aliphatic carboxylic acids is 1. The van der Waals surface area contributed by atoms with Crippen LogP contribution in [0.25, 0.3) is 63.4 Å². The Morgan fingerprint density at radius 2 is 0.861 bits per heavy atom. The number of hydrogen-bond donors (Lipinski definition) is 11. The first-order valence-electron chi connectivity index (χ1n) is 29.4. The lowest BCUT2D eigenvalue weighted by atomic mass is 10.0. The molecule has 6 heterocycles. The van der Waals surface area contributed by atoms with Crippen LogP contribution >= 0.6 is 73.1 Å². The van der Waals surface area contributed by atoms with Crippen LogP contribution in [0.15, 0.2) is 73.2 Å². The summed E-state index contributed by atoms with van der Waals surface area (Å²) in [5, 5.41) is 48.2. The number of anilines is 5. The highest BCUT2D eigenvalue weighted by Crippen LogP contribution is 2.45. The standard InChI is InChI=1S/C25H24ClF3N6O4S.C23H20ClF3N6O4S.C13H10BrF3N4OS/c1-4-39-18(36)7-8-30-21(37)13-9-12(5-6-16(13)26)34-24(2,3)22(38)33-23-32-19-15(25(27,28)29)10-17-14(11-31-35-17)20(19)40-23;1-22(2,32-10-3-4-14(24)11(7-10)19(36)28-6-5-16(34)35)20(37)31-21-30-17-13(23(25,26)27)8-15-12(9-29-33-15)18(17)38-21;1-12(2,14)10(22)20-11-19-8-6(13(15,16)17)3-7-5(4-18-21-7)9(8)23-11/h5-6,9-11,34H,4,7-8H2,1-3H3,(H,30,37)(H,31,35)(H,32,33,38);3-4,7-9,32H,5-6H2,1-2H3,(H,28,36)(H,29,33)(H,34,35)(H,30,31,37);3-4H,1-2H3,(H,18,21)(H,19,20,22). The molecular formula is C61H54BrCl2F9N16O9S3. The molecule has 0 atom stereocenters. The van der Waals surface area contributed by atoms with E-state index in [2.05, 4.69) is 98.7 Å². The van der Waals surface area contributed by atoms with E-state index in [1.165, 1.54) is 62.8 Å². The van der Waals surface area contributed by atoms with Gasteiger partial charge >= 0.3 is 30.5 Å². The minimum atomic E-state index is -4.67. The second-order valence-corrected chi connectivity index (χ2v) is 29.1. The Kier molecular flexibility index (Phi) is 22.2. The second kappa shape index (κ2) is 29.6. The van der Waals surface area contributed by atoms with Crippen LogP contribution in [-0.2, 0) is 47.2 Å². The number of carbonyl (C=O) groups excluding carboxylic acids is 6. The summed E-state index contributed by atoms with van der Waals surface area (Å²) in [6, 6.07) is 11.7. The fourth-order valence-corrected chi connectivity index (χ4v) is 12.9. The molecule has 40 heteroatoms. The number of ether oxygens (including phenoxy) is 1. The Balaban J connectivity index is 0.000000183. The van der Waals surface area contributed by atoms with Gasteiger partial charge in [-0.2, -0.15) is 54.8 Å². The van der Waals surface area contributed by atoms with Gasteiger partial charge in [-0.05, 0) is 103 Å². The number of amides is 5. The first-order valence-corrected chi connectivity index (χ1v) is 33.4. The lowest BCUT2D eigenvalue weighted by Crippen LogP contribution is -2.44. The van der Waals surface area contributed by atoms with E-state index in [1.54, 1.807) is 40.7 Å². The van der Waals surface area contributed by atoms with Gasteiger partial charge in [-0.15, -0.1) is 0 Å². The van der Waals surface area contributed by atoms with Crippen LogP contribution in [0, 0.1) is 0 Å². The Morgan fingerprint density at radius 3 is 1.18 bits per heavy atom. The number of carbonyl (C=O) groups is 7. The number of thiazole rings is 3. The summed E-state index contributed by atoms with van der Waals surface area (Å²) in [4.78, 5) is 97.5. The van der Waals surface area contributed by atoms with Crippen molar-refractivity contribution in [2.75, 3.05) is 46.3 Å². The van der Waals surface area contributed by atoms with E-state index < -0.39 is 92.1 Å². The van der Waals surface area contributed by atoms with E-state index in [9.17, 15) is 73.1 Å². The average molecular weight is 1570 g/mol. The Morgan fingerprint density at radius 1 is 0.525 bits per heavy atom. The number of halogens is 12. The summed E-state index contributed by atoms with van der Waals surface area (Å²) < 4.78 is 126. The zero-order valence-electron chi connectivity index (χ0n) is 53.1. The number of alkyl halides is 10. The molecule has 0 radical (unpaired) electrons. The van der Waals surface area contributed by atoms with Gasteiger partial charge in [0, 0.05) is 40.6 Å². The molecule has 5 amide bonds. The molecular weight excluding hydrogens is 1520 g/mol. The molecule has 0 saturated carbocycles. The van der Waals surface area contributed by atoms with Gasteiger partial charge in [0.2, 0.25) is 5.91 Å². The lowest BCUT2D eigenvalue weighted by Gasteiger charge is -2.26. The number of aromatic nitrogens is 9. The quantitative estimate of drug-likeness (QED) is 0.0203. The fourth-order valence-electron chi connectivity index (χ4n) is 9.39. The highest BCUT2D eigenvalue weighted by molar-refractivity contribution is 9.10. The molecule has 0 aliphatic rings. The van der Waals surface area contributed by atoms with Crippen molar-refractivity contribution in [3.05, 3.63) is 111 Å². The number of fused-ring (bicyclic) bond motifs is 9. The number of carboxylic acid groups (broad SMARTS) is 1. The zero-order chi connectivity index (χ0) is 74.1. The molecule has 0 aliphatic heterocycles. The first kappa shape index (κ1) is 75.7. The van der Waals surface area contributed by atoms with Crippen molar-refractivity contribution in [2.45, 2.75) is 95.2 Å². The molecule has 0 aliphatic carbocycles. The number of benzene rings is 5. The summed E-state index contributed by atoms with van der Waals surface area (Å²) in [7, 11) is 0. The largest absolute Gasteiger partial charge is 0.481 e. The second-order valence-electron chi connectivity index (χ2n) is 23.3. The van der Waals surface area contributed by atoms with Crippen molar-refractivity contribution in [3.8, 4) is 0 Å². The summed E-state index contributed by atoms with van der Waals surface area (Å²) in [5.74, 6) is -4.22. The SMILES string of the molecule is CC(C)(Br)C(=O)Nc1nc2c(C(F)(F)F)cc3[nH]ncc3c2s1.CC(C)(Nc1ccc(Cl)c(C(=O)NCCC(=O)O)c1)C(=O)Nc1nc2c(C(F)(F)F)cc3[nH]ncc3c2s1.CCOC(=O)CCNC(=O)c1cc(NC(C)(C)C(=O)Nc2nc3c(C(F)(F)F)cc4[nH]ncc4c3s2)ccc1Cl. The average Bonchev–Trinajstić information content (AvgIpc) is 1.74. The number of rotatable bonds is 19. The monoisotopic (exact) mass is 1570 g/mol. The van der Waals surface area contributed by atoms with Crippen molar-refractivity contribution in [1.82, 2.24) is 56.2 Å². The van der Waals surface area contributed by atoms with Gasteiger partial charge in [-0.25, -0.2) is 15.0 Å². The summed E-state index contributed by atoms with van der Waals surface area (Å²) in [6.07, 6.45) is -9.93. The number of hydrogen-bond acceptors (Lipinski definition) is 19. The molecule has 11 N–H and O–H groups in total. The fraction of sp³-hybridized carbons (Fsp3) is 0.295. The maximum absolute atomic E-state index is 13.7. The molecule has 0 fully saturated rings. The highest BCUT2D eigenvalue weighted by Gasteiger charge is 2.39. The molecule has 6 aromatic heterocycles. The van der Waals surface area contributed by atoms with Crippen molar-refractivity contribution < 1.29 is 82.9 Å². The third-order valence-corrected chi connectivity index (χ3v) is 18.4. The third kappa shape index (κ3) is 17.8. The van der Waals surface area contributed by atoms with Crippen molar-refractivity contribution in [2.24, 2.45) is 0 Å². The van der Waals surface area contributed by atoms with Crippen LogP contribution < -0.4 is 37.2 Å². The van der Waals surface area contributed by atoms with Gasteiger partial charge < -0.3 is 36.4 Å². The van der Waals surface area contributed by atoms with E-state index >= 15 is 0 Å². The lowest BCUT2D eigenvalue weighted by molar-refractivity contribution is -0.143. The molecule has 25 nitrogen and oxygen atoms in total. The Bertz CT molecular complexity index is 5040. The van der Waals surface area contributed by atoms with Gasteiger partial charge in [0.25, 0.3) is 23.6 Å². The van der Waals surface area contributed by atoms with E-state index in [0.29, 0.717) is 32.2 Å². The van der Waals surface area contributed by atoms with Crippen LogP contribution in [-0.4, -0.2) is 127 Å². The van der Waals surface area contributed by atoms with E-state index in [-0.39, 0.29) is 112 Å². The van der Waals surface area contributed by atoms with Crippen LogP contribution in [0.4, 0.5) is 66.3 Å². The molecule has 11 aromatic rings. The molecule has 0 bridgehead atoms. The third-order valence-electron chi connectivity index (χ3n) is 14.4. The molecule has 0 unspecified atom stereocenters. The van der Waals surface area contributed by atoms with Crippen LogP contribution in [0.1, 0.15) is 98.7 Å². The number of carboxylic acids is 1. The predicted octanol–water partition coefficient (Wildman–Crippen LogP) is 14.5. The maximum Gasteiger partial charge on any atom is 0.418 e. The molecule has 0 spiro atoms.